The number of carbonyl (C=O) groups excluding carboxylic acids is 1. The molecule has 0 N–H and O–H groups in total. The van der Waals surface area contributed by atoms with E-state index in [1.807, 2.05) is 0 Å². The number of carbonyl (C=O) groups is 1. The van der Waals surface area contributed by atoms with Crippen molar-refractivity contribution in [3.8, 4) is 6.07 Å². The maximum atomic E-state index is 10.7. The first-order chi connectivity index (χ1) is 5.26. The van der Waals surface area contributed by atoms with Crippen LogP contribution in [0.25, 0.3) is 0 Å². The average Bonchev–Trinajstić information content (AvgIpc) is 2.00. The van der Waals surface area contributed by atoms with E-state index in [0.717, 1.165) is 6.08 Å². The first-order valence-electron chi connectivity index (χ1n) is 3.11. The molecule has 0 atom stereocenters. The number of nitrogens with zero attached hydrogens (tertiary/aromatic N) is 1. The van der Waals surface area contributed by atoms with Crippen LogP contribution >= 0.6 is 0 Å². The van der Waals surface area contributed by atoms with Gasteiger partial charge in [-0.05, 0) is 6.92 Å². The largest absolute Gasteiger partial charge is 1.00 e. The predicted molar refractivity (Wildman–Crippen MR) is 35.2 cm³/mol. The molecule has 0 unspecified atom stereocenters. The second-order valence-corrected chi connectivity index (χ2v) is 1.62. The third kappa shape index (κ3) is 5.89. The van der Waals surface area contributed by atoms with E-state index in [1.165, 1.54) is 0 Å². The molecule has 0 aliphatic rings. The Hall–Kier alpha value is 0.296. The Morgan fingerprint density at radius 1 is 1.75 bits per heavy atom. The van der Waals surface area contributed by atoms with E-state index in [-0.39, 0.29) is 63.6 Å². The molecule has 0 bridgehead atoms. The van der Waals surface area contributed by atoms with Crippen molar-refractivity contribution in [1.82, 2.24) is 0 Å². The van der Waals surface area contributed by atoms with Crippen LogP contribution in [0.2, 0.25) is 0 Å². The van der Waals surface area contributed by atoms with Crippen molar-refractivity contribution < 1.29 is 66.0 Å². The van der Waals surface area contributed by atoms with Gasteiger partial charge in [0.05, 0.1) is 6.61 Å². The van der Waals surface area contributed by atoms with E-state index in [0.29, 0.717) is 0 Å². The topological polar surface area (TPSA) is 73.2 Å². The van der Waals surface area contributed by atoms with E-state index in [9.17, 15) is 9.90 Å². The molecule has 4 nitrogen and oxygen atoms in total. The molecular weight excluding hydrogens is 185 g/mol. The Morgan fingerprint density at radius 3 is 2.67 bits per heavy atom. The molecule has 0 heterocycles. The Morgan fingerprint density at radius 2 is 2.33 bits per heavy atom. The van der Waals surface area contributed by atoms with Gasteiger partial charge in [-0.2, -0.15) is 5.26 Å². The molecule has 60 valence electrons. The number of ether oxygens (including phenoxy) is 1. The average molecular weight is 193 g/mol. The van der Waals surface area contributed by atoms with Gasteiger partial charge in [0.2, 0.25) is 0 Å². The number of hydrogen-bond donors (Lipinski definition) is 0. The standard InChI is InChI=1S/C7H8NO3.K/c1-2-11-7(10)6(5-8)3-4-9;/h3H,2,4H2,1H3;/q-1;+1/b6-3-;. The molecular formula is C7H8KNO3. The maximum Gasteiger partial charge on any atom is 1.00 e. The molecule has 0 aliphatic carbocycles. The minimum absolute atomic E-state index is 0. The van der Waals surface area contributed by atoms with Gasteiger partial charge in [-0.1, -0.05) is 6.08 Å². The summed E-state index contributed by atoms with van der Waals surface area (Å²) in [4.78, 5) is 10.7. The summed E-state index contributed by atoms with van der Waals surface area (Å²) in [5.41, 5.74) is -0.221. The Balaban J connectivity index is 0. The fraction of sp³-hybridized carbons (Fsp3) is 0.429. The van der Waals surface area contributed by atoms with E-state index in [2.05, 4.69) is 4.74 Å². The van der Waals surface area contributed by atoms with Crippen LogP contribution in [0, 0.1) is 11.3 Å². The van der Waals surface area contributed by atoms with Gasteiger partial charge in [0, 0.05) is 0 Å². The number of nitriles is 1. The van der Waals surface area contributed by atoms with Gasteiger partial charge in [0.25, 0.3) is 0 Å². The van der Waals surface area contributed by atoms with Crippen LogP contribution in [0.5, 0.6) is 0 Å². The Bertz CT molecular complexity index is 207. The smallest absolute Gasteiger partial charge is 0.851 e. The Labute approximate surface area is 114 Å². The number of rotatable bonds is 3. The summed E-state index contributed by atoms with van der Waals surface area (Å²) in [5, 5.41) is 18.3. The summed E-state index contributed by atoms with van der Waals surface area (Å²) < 4.78 is 4.48. The van der Waals surface area contributed by atoms with Crippen molar-refractivity contribution in [3.05, 3.63) is 11.6 Å². The number of hydrogen-bond acceptors (Lipinski definition) is 4. The summed E-state index contributed by atoms with van der Waals surface area (Å²) in [5.74, 6) is -0.731. The van der Waals surface area contributed by atoms with Gasteiger partial charge in [0.1, 0.15) is 11.6 Å². The van der Waals surface area contributed by atoms with Crippen molar-refractivity contribution in [2.24, 2.45) is 0 Å². The normalized spacial score (nSPS) is 9.58. The third-order valence-electron chi connectivity index (χ3n) is 0.903. The van der Waals surface area contributed by atoms with Crippen LogP contribution in [-0.2, 0) is 9.53 Å². The molecule has 12 heavy (non-hydrogen) atoms. The van der Waals surface area contributed by atoms with Gasteiger partial charge in [-0.15, -0.1) is 6.61 Å². The van der Waals surface area contributed by atoms with Crippen LogP contribution in [-0.4, -0.2) is 19.2 Å². The van der Waals surface area contributed by atoms with Crippen molar-refractivity contribution in [1.29, 1.82) is 5.26 Å². The minimum Gasteiger partial charge on any atom is -0.851 e. The number of esters is 1. The molecule has 0 aliphatic heterocycles. The molecule has 0 aromatic carbocycles. The molecule has 5 heteroatoms. The zero-order valence-electron chi connectivity index (χ0n) is 7.16. The van der Waals surface area contributed by atoms with Crippen LogP contribution < -0.4 is 56.5 Å². The van der Waals surface area contributed by atoms with Gasteiger partial charge in [-0.25, -0.2) is 4.79 Å². The second kappa shape index (κ2) is 9.38. The first kappa shape index (κ1) is 14.8. The molecule has 0 amide bonds. The monoisotopic (exact) mass is 193 g/mol. The van der Waals surface area contributed by atoms with Gasteiger partial charge < -0.3 is 9.84 Å². The van der Waals surface area contributed by atoms with Crippen molar-refractivity contribution in [3.63, 3.8) is 0 Å². The van der Waals surface area contributed by atoms with E-state index >= 15 is 0 Å². The maximum absolute atomic E-state index is 10.7. The van der Waals surface area contributed by atoms with Crippen molar-refractivity contribution in [2.75, 3.05) is 13.2 Å². The van der Waals surface area contributed by atoms with E-state index in [4.69, 9.17) is 5.26 Å². The first-order valence-corrected chi connectivity index (χ1v) is 3.11. The minimum atomic E-state index is -0.731. The molecule has 0 saturated carbocycles. The molecule has 0 saturated heterocycles. The summed E-state index contributed by atoms with van der Waals surface area (Å²) in [6.07, 6.45) is 0.998. The third-order valence-corrected chi connectivity index (χ3v) is 0.903. The van der Waals surface area contributed by atoms with Crippen molar-refractivity contribution in [2.45, 2.75) is 6.92 Å². The van der Waals surface area contributed by atoms with Crippen LogP contribution in [0.4, 0.5) is 0 Å². The van der Waals surface area contributed by atoms with Gasteiger partial charge in [-0.3, -0.25) is 0 Å². The van der Waals surface area contributed by atoms with Gasteiger partial charge >= 0.3 is 57.4 Å². The zero-order chi connectivity index (χ0) is 8.69. The van der Waals surface area contributed by atoms with Crippen LogP contribution in [0.1, 0.15) is 6.92 Å². The summed E-state index contributed by atoms with van der Waals surface area (Å²) in [7, 11) is 0. The molecule has 0 rings (SSSR count). The molecule has 0 aromatic heterocycles. The van der Waals surface area contributed by atoms with Gasteiger partial charge in [0.15, 0.2) is 0 Å². The van der Waals surface area contributed by atoms with E-state index < -0.39 is 12.6 Å². The molecule has 0 aromatic rings. The molecule has 0 radical (unpaired) electrons. The SMILES string of the molecule is CCOC(=O)/C(C#N)=C\C[O-].[K+]. The predicted octanol–water partition coefficient (Wildman–Crippen LogP) is -3.64. The summed E-state index contributed by atoms with van der Waals surface area (Å²) >= 11 is 0. The van der Waals surface area contributed by atoms with E-state index in [1.54, 1.807) is 13.0 Å². The van der Waals surface area contributed by atoms with Crippen LogP contribution in [0.3, 0.4) is 0 Å². The molecule has 0 spiro atoms. The Kier molecular flexibility index (Phi) is 11.6. The van der Waals surface area contributed by atoms with Crippen molar-refractivity contribution >= 4 is 5.97 Å². The fourth-order valence-electron chi connectivity index (χ4n) is 0.467. The summed E-state index contributed by atoms with van der Waals surface area (Å²) in [6.45, 7) is 1.25. The molecule has 0 fully saturated rings. The zero-order valence-corrected chi connectivity index (χ0v) is 10.3. The quantitative estimate of drug-likeness (QED) is 0.201. The second-order valence-electron chi connectivity index (χ2n) is 1.62. The fourth-order valence-corrected chi connectivity index (χ4v) is 0.467. The van der Waals surface area contributed by atoms with Crippen LogP contribution in [0.15, 0.2) is 11.6 Å². The summed E-state index contributed by atoms with van der Waals surface area (Å²) in [6, 6.07) is 1.57.